The molecule has 0 spiro atoms. The molecule has 21 heavy (non-hydrogen) atoms. The molecule has 0 atom stereocenters. The van der Waals surface area contributed by atoms with Crippen molar-refractivity contribution in [1.82, 2.24) is 0 Å². The number of hydrazine groups is 1. The van der Waals surface area contributed by atoms with Gasteiger partial charge in [-0.15, -0.1) is 0 Å². The predicted octanol–water partition coefficient (Wildman–Crippen LogP) is 1.64. The van der Waals surface area contributed by atoms with Crippen molar-refractivity contribution in [2.75, 3.05) is 11.2 Å². The van der Waals surface area contributed by atoms with E-state index in [2.05, 4.69) is 5.43 Å². The van der Waals surface area contributed by atoms with E-state index in [1.165, 1.54) is 18.2 Å². The van der Waals surface area contributed by atoms with Crippen molar-refractivity contribution >= 4 is 23.3 Å². The van der Waals surface area contributed by atoms with E-state index in [1.807, 2.05) is 0 Å². The molecule has 0 fully saturated rings. The Morgan fingerprint density at radius 2 is 1.48 bits per heavy atom. The highest BCUT2D eigenvalue weighted by Gasteiger charge is 2.03. The van der Waals surface area contributed by atoms with Gasteiger partial charge in [0.2, 0.25) is 0 Å². The first-order valence-corrected chi connectivity index (χ1v) is 5.83. The summed E-state index contributed by atoms with van der Waals surface area (Å²) in [4.78, 5) is 20.7. The molecule has 7 heteroatoms. The molecule has 110 valence electrons. The monoisotopic (exact) mass is 289 g/mol. The number of carboxylic acid groups (broad SMARTS) is 2. The van der Waals surface area contributed by atoms with E-state index in [0.29, 0.717) is 11.4 Å². The molecule has 0 aromatic heterocycles. The number of para-hydroxylation sites is 1. The lowest BCUT2D eigenvalue weighted by Crippen LogP contribution is -2.06. The van der Waals surface area contributed by atoms with Gasteiger partial charge in [-0.05, 0) is 36.4 Å². The molecule has 0 aliphatic heterocycles. The van der Waals surface area contributed by atoms with Crippen LogP contribution in [0.1, 0.15) is 20.7 Å². The molecule has 7 nitrogen and oxygen atoms in total. The Kier molecular flexibility index (Phi) is 5.72. The first-order chi connectivity index (χ1) is 9.95. The predicted molar refractivity (Wildman–Crippen MR) is 79.0 cm³/mol. The SMILES string of the molecule is NNc1ccc(C(=O)O)cc1.Nc1ccccc1C(=O)O. The molecule has 2 aromatic carbocycles. The summed E-state index contributed by atoms with van der Waals surface area (Å²) in [5.74, 6) is 3.15. The molecule has 0 bridgehead atoms. The normalized spacial score (nSPS) is 9.19. The van der Waals surface area contributed by atoms with E-state index in [4.69, 9.17) is 21.8 Å². The van der Waals surface area contributed by atoms with Gasteiger partial charge in [-0.2, -0.15) is 0 Å². The average Bonchev–Trinajstić information content (AvgIpc) is 2.48. The Bertz CT molecular complexity index is 626. The lowest BCUT2D eigenvalue weighted by atomic mass is 10.2. The molecule has 0 heterocycles. The Balaban J connectivity index is 0.000000211. The molecule has 0 unspecified atom stereocenters. The molecule has 0 radical (unpaired) electrons. The third kappa shape index (κ3) is 4.84. The number of rotatable bonds is 3. The second-order valence-electron chi connectivity index (χ2n) is 3.92. The van der Waals surface area contributed by atoms with Crippen LogP contribution in [0.15, 0.2) is 48.5 Å². The van der Waals surface area contributed by atoms with Gasteiger partial charge in [-0.1, -0.05) is 12.1 Å². The number of hydrogen-bond donors (Lipinski definition) is 5. The molecular formula is C14H15N3O4. The van der Waals surface area contributed by atoms with Gasteiger partial charge in [0.1, 0.15) is 0 Å². The Labute approximate surface area is 120 Å². The second kappa shape index (κ2) is 7.51. The summed E-state index contributed by atoms with van der Waals surface area (Å²) in [5.41, 5.74) is 9.14. The fourth-order valence-corrected chi connectivity index (χ4v) is 1.40. The maximum atomic E-state index is 10.3. The highest BCUT2D eigenvalue weighted by atomic mass is 16.4. The van der Waals surface area contributed by atoms with Crippen molar-refractivity contribution in [1.29, 1.82) is 0 Å². The van der Waals surface area contributed by atoms with Crippen LogP contribution in [-0.2, 0) is 0 Å². The van der Waals surface area contributed by atoms with Gasteiger partial charge < -0.3 is 21.4 Å². The van der Waals surface area contributed by atoms with Crippen LogP contribution in [-0.4, -0.2) is 22.2 Å². The zero-order valence-corrected chi connectivity index (χ0v) is 11.0. The van der Waals surface area contributed by atoms with Crippen LogP contribution in [0, 0.1) is 0 Å². The van der Waals surface area contributed by atoms with E-state index in [-0.39, 0.29) is 11.1 Å². The van der Waals surface area contributed by atoms with Crippen LogP contribution in [0.3, 0.4) is 0 Å². The summed E-state index contributed by atoms with van der Waals surface area (Å²) >= 11 is 0. The number of carbonyl (C=O) groups is 2. The van der Waals surface area contributed by atoms with E-state index >= 15 is 0 Å². The number of benzene rings is 2. The minimum atomic E-state index is -0.988. The minimum absolute atomic E-state index is 0.155. The smallest absolute Gasteiger partial charge is 0.337 e. The van der Waals surface area contributed by atoms with Gasteiger partial charge in [0, 0.05) is 11.4 Å². The summed E-state index contributed by atoms with van der Waals surface area (Å²) in [6.07, 6.45) is 0. The summed E-state index contributed by atoms with van der Waals surface area (Å²) in [7, 11) is 0. The maximum Gasteiger partial charge on any atom is 0.337 e. The van der Waals surface area contributed by atoms with Crippen LogP contribution in [0.4, 0.5) is 11.4 Å². The summed E-state index contributed by atoms with van der Waals surface area (Å²) < 4.78 is 0. The van der Waals surface area contributed by atoms with Crippen molar-refractivity contribution in [3.63, 3.8) is 0 Å². The second-order valence-corrected chi connectivity index (χ2v) is 3.92. The lowest BCUT2D eigenvalue weighted by molar-refractivity contribution is 0.0686. The van der Waals surface area contributed by atoms with Crippen molar-refractivity contribution in [3.8, 4) is 0 Å². The number of nitrogens with one attached hydrogen (secondary N) is 1. The number of anilines is 2. The first-order valence-electron chi connectivity index (χ1n) is 5.83. The molecule has 0 saturated carbocycles. The molecule has 7 N–H and O–H groups in total. The van der Waals surface area contributed by atoms with Gasteiger partial charge >= 0.3 is 11.9 Å². The first kappa shape index (κ1) is 16.0. The number of nitrogen functional groups attached to an aromatic ring is 2. The molecule has 2 rings (SSSR count). The fourth-order valence-electron chi connectivity index (χ4n) is 1.40. The van der Waals surface area contributed by atoms with Crippen LogP contribution < -0.4 is 17.0 Å². The quantitative estimate of drug-likeness (QED) is 0.329. The zero-order chi connectivity index (χ0) is 15.8. The summed E-state index contributed by atoms with van der Waals surface area (Å²) in [6, 6.07) is 12.5. The van der Waals surface area contributed by atoms with Crippen LogP contribution in [0.5, 0.6) is 0 Å². The van der Waals surface area contributed by atoms with Crippen LogP contribution in [0.2, 0.25) is 0 Å². The highest BCUT2D eigenvalue weighted by Crippen LogP contribution is 2.09. The van der Waals surface area contributed by atoms with E-state index in [9.17, 15) is 9.59 Å². The summed E-state index contributed by atoms with van der Waals surface area (Å²) in [6.45, 7) is 0. The van der Waals surface area contributed by atoms with Crippen molar-refractivity contribution in [3.05, 3.63) is 59.7 Å². The molecule has 0 amide bonds. The largest absolute Gasteiger partial charge is 0.478 e. The van der Waals surface area contributed by atoms with Crippen molar-refractivity contribution < 1.29 is 19.8 Å². The molecule has 0 aliphatic carbocycles. The standard InChI is InChI=1S/C7H8N2O2.C7H7NO2/c8-9-6-3-1-5(2-4-6)7(10)11;8-6-4-2-1-3-5(6)7(9)10/h1-4,9H,8H2,(H,10,11);1-4H,8H2,(H,9,10). The molecule has 2 aromatic rings. The van der Waals surface area contributed by atoms with Crippen LogP contribution in [0.25, 0.3) is 0 Å². The molecule has 0 aliphatic rings. The van der Waals surface area contributed by atoms with Gasteiger partial charge in [-0.3, -0.25) is 5.84 Å². The lowest BCUT2D eigenvalue weighted by Gasteiger charge is -1.98. The number of nitrogens with two attached hydrogens (primary N) is 2. The third-order valence-corrected chi connectivity index (χ3v) is 2.49. The zero-order valence-electron chi connectivity index (χ0n) is 11.0. The van der Waals surface area contributed by atoms with Gasteiger partial charge in [0.15, 0.2) is 0 Å². The fraction of sp³-hybridized carbons (Fsp3) is 0. The number of carboxylic acids is 2. The Hall–Kier alpha value is -3.06. The third-order valence-electron chi connectivity index (χ3n) is 2.49. The topological polar surface area (TPSA) is 139 Å². The van der Waals surface area contributed by atoms with E-state index < -0.39 is 11.9 Å². The van der Waals surface area contributed by atoms with Gasteiger partial charge in [0.05, 0.1) is 11.1 Å². The Morgan fingerprint density at radius 3 is 1.86 bits per heavy atom. The number of hydrogen-bond acceptors (Lipinski definition) is 5. The average molecular weight is 289 g/mol. The summed E-state index contributed by atoms with van der Waals surface area (Å²) in [5, 5.41) is 17.0. The molecule has 0 saturated heterocycles. The van der Waals surface area contributed by atoms with Crippen molar-refractivity contribution in [2.24, 2.45) is 5.84 Å². The van der Waals surface area contributed by atoms with Crippen molar-refractivity contribution in [2.45, 2.75) is 0 Å². The van der Waals surface area contributed by atoms with Gasteiger partial charge in [0.25, 0.3) is 0 Å². The van der Waals surface area contributed by atoms with E-state index in [0.717, 1.165) is 0 Å². The maximum absolute atomic E-state index is 10.3. The minimum Gasteiger partial charge on any atom is -0.478 e. The van der Waals surface area contributed by atoms with Crippen LogP contribution >= 0.6 is 0 Å². The molecular weight excluding hydrogens is 274 g/mol. The van der Waals surface area contributed by atoms with E-state index in [1.54, 1.807) is 30.3 Å². The highest BCUT2D eigenvalue weighted by molar-refractivity contribution is 5.93. The van der Waals surface area contributed by atoms with Gasteiger partial charge in [-0.25, -0.2) is 9.59 Å². The number of aromatic carboxylic acids is 2. The Morgan fingerprint density at radius 1 is 0.905 bits per heavy atom.